The minimum absolute atomic E-state index is 0.210. The number of anilines is 1. The molecule has 1 aromatic carbocycles. The molecule has 1 amide bonds. The van der Waals surface area contributed by atoms with Crippen LogP contribution in [0.15, 0.2) is 36.5 Å². The number of aromatic nitrogens is 4. The zero-order valence-electron chi connectivity index (χ0n) is 20.4. The Kier molecular flexibility index (Phi) is 6.25. The molecule has 4 heterocycles. The number of amides is 1. The van der Waals surface area contributed by atoms with Crippen LogP contribution in [-0.4, -0.2) is 69.9 Å². The van der Waals surface area contributed by atoms with Gasteiger partial charge in [0.25, 0.3) is 0 Å². The lowest BCUT2D eigenvalue weighted by Gasteiger charge is -2.29. The van der Waals surface area contributed by atoms with Crippen LogP contribution < -0.4 is 4.90 Å². The van der Waals surface area contributed by atoms with Gasteiger partial charge >= 0.3 is 0 Å². The molecule has 2 fully saturated rings. The van der Waals surface area contributed by atoms with Crippen molar-refractivity contribution in [3.8, 4) is 5.69 Å². The Morgan fingerprint density at radius 1 is 1.00 bits per heavy atom. The van der Waals surface area contributed by atoms with Crippen LogP contribution in [0.4, 0.5) is 5.82 Å². The minimum Gasteiger partial charge on any atom is -0.381 e. The van der Waals surface area contributed by atoms with Gasteiger partial charge in [-0.25, -0.2) is 14.6 Å². The number of para-hydroxylation sites is 1. The standard InChI is InChI=1S/C26H34N6O2/c1-26(2,3)25(33)31-13-7-12-30(14-15-31)23-21-18-27-32(20-8-5-4-6-9-20)24(21)29-22(28-23)19-10-16-34-17-11-19/h4-6,8-9,18-19H,7,10-17H2,1-3H3. The Balaban J connectivity index is 1.53. The lowest BCUT2D eigenvalue weighted by Crippen LogP contribution is -2.41. The third-order valence-electron chi connectivity index (χ3n) is 6.74. The van der Waals surface area contributed by atoms with Gasteiger partial charge in [-0.1, -0.05) is 39.0 Å². The Hall–Kier alpha value is -3.00. The third-order valence-corrected chi connectivity index (χ3v) is 6.74. The summed E-state index contributed by atoms with van der Waals surface area (Å²) in [6, 6.07) is 10.1. The molecule has 0 unspecified atom stereocenters. The van der Waals surface area contributed by atoms with E-state index in [2.05, 4.69) is 4.90 Å². The van der Waals surface area contributed by atoms with Crippen LogP contribution in [0.5, 0.6) is 0 Å². The number of carbonyl (C=O) groups is 1. The summed E-state index contributed by atoms with van der Waals surface area (Å²) < 4.78 is 7.50. The first-order valence-corrected chi connectivity index (χ1v) is 12.3. The summed E-state index contributed by atoms with van der Waals surface area (Å²) >= 11 is 0. The van der Waals surface area contributed by atoms with Crippen LogP contribution in [0.3, 0.4) is 0 Å². The highest BCUT2D eigenvalue weighted by Gasteiger charge is 2.30. The molecule has 2 aromatic heterocycles. The Bertz CT molecular complexity index is 1150. The van der Waals surface area contributed by atoms with Gasteiger partial charge in [-0.3, -0.25) is 4.79 Å². The average Bonchev–Trinajstić information content (AvgIpc) is 3.13. The summed E-state index contributed by atoms with van der Waals surface area (Å²) in [6.07, 6.45) is 4.65. The first kappa shape index (κ1) is 22.8. The molecule has 3 aromatic rings. The largest absolute Gasteiger partial charge is 0.381 e. The van der Waals surface area contributed by atoms with Gasteiger partial charge in [0.05, 0.1) is 17.3 Å². The molecule has 0 N–H and O–H groups in total. The normalized spacial score (nSPS) is 18.3. The van der Waals surface area contributed by atoms with E-state index in [0.29, 0.717) is 6.54 Å². The highest BCUT2D eigenvalue weighted by molar-refractivity contribution is 5.88. The SMILES string of the molecule is CC(C)(C)C(=O)N1CCCN(c2nc(C3CCOCC3)nc3c2cnn3-c2ccccc2)CC1. The predicted molar refractivity (Wildman–Crippen MR) is 132 cm³/mol. The van der Waals surface area contributed by atoms with Crippen molar-refractivity contribution in [2.75, 3.05) is 44.3 Å². The van der Waals surface area contributed by atoms with Crippen LogP contribution in [0.2, 0.25) is 0 Å². The fourth-order valence-corrected chi connectivity index (χ4v) is 4.85. The van der Waals surface area contributed by atoms with Gasteiger partial charge in [0.1, 0.15) is 11.6 Å². The number of ether oxygens (including phenoxy) is 1. The smallest absolute Gasteiger partial charge is 0.228 e. The molecule has 8 nitrogen and oxygen atoms in total. The molecule has 2 aliphatic rings. The van der Waals surface area contributed by atoms with Gasteiger partial charge in [0, 0.05) is 50.7 Å². The third kappa shape index (κ3) is 4.51. The van der Waals surface area contributed by atoms with E-state index < -0.39 is 0 Å². The van der Waals surface area contributed by atoms with E-state index in [4.69, 9.17) is 19.8 Å². The van der Waals surface area contributed by atoms with Gasteiger partial charge < -0.3 is 14.5 Å². The first-order chi connectivity index (χ1) is 16.4. The summed E-state index contributed by atoms with van der Waals surface area (Å²) in [5.74, 6) is 2.29. The lowest BCUT2D eigenvalue weighted by atomic mass is 9.94. The molecule has 2 saturated heterocycles. The molecule has 0 spiro atoms. The van der Waals surface area contributed by atoms with Crippen molar-refractivity contribution in [1.82, 2.24) is 24.6 Å². The fraction of sp³-hybridized carbons (Fsp3) is 0.538. The first-order valence-electron chi connectivity index (χ1n) is 12.3. The molecular formula is C26H34N6O2. The lowest BCUT2D eigenvalue weighted by molar-refractivity contribution is -0.139. The topological polar surface area (TPSA) is 76.4 Å². The molecular weight excluding hydrogens is 428 g/mol. The quantitative estimate of drug-likeness (QED) is 0.589. The van der Waals surface area contributed by atoms with Gasteiger partial charge in [0.2, 0.25) is 5.91 Å². The second-order valence-electron chi connectivity index (χ2n) is 10.3. The molecule has 0 radical (unpaired) electrons. The van der Waals surface area contributed by atoms with Crippen LogP contribution in [-0.2, 0) is 9.53 Å². The minimum atomic E-state index is -0.371. The van der Waals surface area contributed by atoms with Crippen molar-refractivity contribution in [3.05, 3.63) is 42.4 Å². The van der Waals surface area contributed by atoms with E-state index in [1.165, 1.54) is 0 Å². The molecule has 2 aliphatic heterocycles. The van der Waals surface area contributed by atoms with Crippen molar-refractivity contribution >= 4 is 22.8 Å². The van der Waals surface area contributed by atoms with Gasteiger partial charge in [0.15, 0.2) is 5.65 Å². The number of hydrogen-bond acceptors (Lipinski definition) is 6. The van der Waals surface area contributed by atoms with E-state index in [0.717, 1.165) is 80.5 Å². The zero-order chi connectivity index (χ0) is 23.7. The molecule has 0 aliphatic carbocycles. The number of rotatable bonds is 3. The zero-order valence-corrected chi connectivity index (χ0v) is 20.4. The number of carbonyl (C=O) groups excluding carboxylic acids is 1. The van der Waals surface area contributed by atoms with E-state index in [1.54, 1.807) is 0 Å². The highest BCUT2D eigenvalue weighted by Crippen LogP contribution is 2.32. The number of fused-ring (bicyclic) bond motifs is 1. The average molecular weight is 463 g/mol. The van der Waals surface area contributed by atoms with Crippen LogP contribution >= 0.6 is 0 Å². The van der Waals surface area contributed by atoms with Gasteiger partial charge in [-0.05, 0) is 31.4 Å². The second kappa shape index (κ2) is 9.33. The maximum Gasteiger partial charge on any atom is 0.228 e. The van der Waals surface area contributed by atoms with E-state index in [-0.39, 0.29) is 17.2 Å². The van der Waals surface area contributed by atoms with E-state index in [1.807, 2.05) is 66.9 Å². The summed E-state index contributed by atoms with van der Waals surface area (Å²) in [4.78, 5) is 27.4. The van der Waals surface area contributed by atoms with Gasteiger partial charge in [-0.15, -0.1) is 0 Å². The van der Waals surface area contributed by atoms with Gasteiger partial charge in [-0.2, -0.15) is 5.10 Å². The van der Waals surface area contributed by atoms with Crippen LogP contribution in [0, 0.1) is 5.41 Å². The maximum absolute atomic E-state index is 12.9. The van der Waals surface area contributed by atoms with Crippen molar-refractivity contribution < 1.29 is 9.53 Å². The molecule has 34 heavy (non-hydrogen) atoms. The Morgan fingerprint density at radius 2 is 1.76 bits per heavy atom. The summed E-state index contributed by atoms with van der Waals surface area (Å²) in [5, 5.41) is 5.66. The van der Waals surface area contributed by atoms with Crippen molar-refractivity contribution in [3.63, 3.8) is 0 Å². The predicted octanol–water partition coefficient (Wildman–Crippen LogP) is 3.79. The monoisotopic (exact) mass is 462 g/mol. The molecule has 0 bridgehead atoms. The van der Waals surface area contributed by atoms with E-state index >= 15 is 0 Å². The number of hydrogen-bond donors (Lipinski definition) is 0. The molecule has 5 rings (SSSR count). The number of benzene rings is 1. The van der Waals surface area contributed by atoms with Crippen molar-refractivity contribution in [2.45, 2.75) is 46.0 Å². The Labute approximate surface area is 200 Å². The Morgan fingerprint density at radius 3 is 2.50 bits per heavy atom. The summed E-state index contributed by atoms with van der Waals surface area (Å²) in [5.41, 5.74) is 1.45. The van der Waals surface area contributed by atoms with Crippen molar-refractivity contribution in [2.24, 2.45) is 5.41 Å². The van der Waals surface area contributed by atoms with Crippen LogP contribution in [0.1, 0.15) is 51.8 Å². The maximum atomic E-state index is 12.9. The number of nitrogens with zero attached hydrogens (tertiary/aromatic N) is 6. The molecule has 180 valence electrons. The summed E-state index contributed by atoms with van der Waals surface area (Å²) in [7, 11) is 0. The van der Waals surface area contributed by atoms with Crippen LogP contribution in [0.25, 0.3) is 16.7 Å². The highest BCUT2D eigenvalue weighted by atomic mass is 16.5. The molecule has 8 heteroatoms. The molecule has 0 atom stereocenters. The summed E-state index contributed by atoms with van der Waals surface area (Å²) in [6.45, 7) is 10.5. The van der Waals surface area contributed by atoms with Crippen molar-refractivity contribution in [1.29, 1.82) is 0 Å². The second-order valence-corrected chi connectivity index (χ2v) is 10.3. The fourth-order valence-electron chi connectivity index (χ4n) is 4.85. The van der Waals surface area contributed by atoms with E-state index in [9.17, 15) is 4.79 Å². The molecule has 0 saturated carbocycles.